The highest BCUT2D eigenvalue weighted by molar-refractivity contribution is 9.13. The highest BCUT2D eigenvalue weighted by Gasteiger charge is 2.14. The molecular formula is C15H9Br2Cl2N3OS. The second-order valence-electron chi connectivity index (χ2n) is 4.79. The second-order valence-corrected chi connectivity index (χ2v) is 8.82. The number of anilines is 1. The van der Waals surface area contributed by atoms with Crippen LogP contribution in [0.25, 0.3) is 0 Å². The number of benzene rings is 1. The first-order valence-electron chi connectivity index (χ1n) is 6.66. The molecule has 0 aliphatic carbocycles. The van der Waals surface area contributed by atoms with Gasteiger partial charge in [0.2, 0.25) is 0 Å². The maximum absolute atomic E-state index is 12.2. The Morgan fingerprint density at radius 1 is 1.25 bits per heavy atom. The lowest BCUT2D eigenvalue weighted by Gasteiger charge is -2.06. The molecule has 0 unspecified atom stereocenters. The Morgan fingerprint density at radius 3 is 2.58 bits per heavy atom. The fourth-order valence-corrected chi connectivity index (χ4v) is 4.45. The SMILES string of the molecule is O=C(Nc1ccn(Cc2c(Cl)cccc2Cl)n1)c1cc(Br)c(Br)s1. The number of rotatable bonds is 4. The van der Waals surface area contributed by atoms with Gasteiger partial charge in [0, 0.05) is 32.3 Å². The molecule has 1 N–H and O–H groups in total. The second kappa shape index (κ2) is 7.58. The van der Waals surface area contributed by atoms with Gasteiger partial charge in [-0.2, -0.15) is 5.10 Å². The van der Waals surface area contributed by atoms with E-state index in [1.54, 1.807) is 41.2 Å². The average molecular weight is 510 g/mol. The van der Waals surface area contributed by atoms with Crippen LogP contribution in [0.15, 0.2) is 44.8 Å². The number of carbonyl (C=O) groups is 1. The van der Waals surface area contributed by atoms with Gasteiger partial charge in [0.1, 0.15) is 0 Å². The van der Waals surface area contributed by atoms with Gasteiger partial charge in [-0.25, -0.2) is 0 Å². The number of aromatic nitrogens is 2. The van der Waals surface area contributed by atoms with Gasteiger partial charge < -0.3 is 5.32 Å². The smallest absolute Gasteiger partial charge is 0.267 e. The van der Waals surface area contributed by atoms with E-state index in [4.69, 9.17) is 23.2 Å². The highest BCUT2D eigenvalue weighted by Crippen LogP contribution is 2.32. The van der Waals surface area contributed by atoms with Crippen LogP contribution in [-0.4, -0.2) is 15.7 Å². The monoisotopic (exact) mass is 507 g/mol. The number of nitrogens with one attached hydrogen (secondary N) is 1. The van der Waals surface area contributed by atoms with E-state index >= 15 is 0 Å². The van der Waals surface area contributed by atoms with E-state index < -0.39 is 0 Å². The lowest BCUT2D eigenvalue weighted by molar-refractivity contribution is 0.103. The van der Waals surface area contributed by atoms with Crippen LogP contribution >= 0.6 is 66.4 Å². The average Bonchev–Trinajstić information content (AvgIpc) is 3.10. The van der Waals surface area contributed by atoms with E-state index in [-0.39, 0.29) is 5.91 Å². The zero-order chi connectivity index (χ0) is 17.3. The molecule has 0 spiro atoms. The molecule has 9 heteroatoms. The normalized spacial score (nSPS) is 10.8. The first-order chi connectivity index (χ1) is 11.4. The number of hydrogen-bond donors (Lipinski definition) is 1. The molecule has 3 aromatic rings. The van der Waals surface area contributed by atoms with E-state index in [0.717, 1.165) is 13.8 Å². The summed E-state index contributed by atoms with van der Waals surface area (Å²) in [4.78, 5) is 12.8. The first kappa shape index (κ1) is 17.9. The molecule has 2 heterocycles. The molecule has 0 saturated carbocycles. The van der Waals surface area contributed by atoms with E-state index in [0.29, 0.717) is 27.3 Å². The molecule has 4 nitrogen and oxygen atoms in total. The predicted octanol–water partition coefficient (Wildman–Crippen LogP) is 6.08. The number of nitrogens with zero attached hydrogens (tertiary/aromatic N) is 2. The molecular weight excluding hydrogens is 501 g/mol. The van der Waals surface area contributed by atoms with Crippen LogP contribution in [0.4, 0.5) is 5.82 Å². The summed E-state index contributed by atoms with van der Waals surface area (Å²) in [7, 11) is 0. The number of thiophene rings is 1. The van der Waals surface area contributed by atoms with E-state index in [1.165, 1.54) is 11.3 Å². The highest BCUT2D eigenvalue weighted by atomic mass is 79.9. The summed E-state index contributed by atoms with van der Waals surface area (Å²) in [6, 6.07) is 8.83. The van der Waals surface area contributed by atoms with Crippen molar-refractivity contribution in [3.63, 3.8) is 0 Å². The first-order valence-corrected chi connectivity index (χ1v) is 9.82. The minimum absolute atomic E-state index is 0.215. The molecule has 0 aliphatic heterocycles. The summed E-state index contributed by atoms with van der Waals surface area (Å²) in [5.74, 6) is 0.247. The fraction of sp³-hybridized carbons (Fsp3) is 0.0667. The van der Waals surface area contributed by atoms with Crippen molar-refractivity contribution in [1.82, 2.24) is 9.78 Å². The lowest BCUT2D eigenvalue weighted by Crippen LogP contribution is -2.11. The summed E-state index contributed by atoms with van der Waals surface area (Å²) < 4.78 is 3.38. The molecule has 1 amide bonds. The standard InChI is InChI=1S/C15H9Br2Cl2N3OS/c16-9-6-12(24-14(9)17)15(23)20-13-4-5-22(21-13)7-8-10(18)2-1-3-11(8)19/h1-6H,7H2,(H,20,21,23). The van der Waals surface area contributed by atoms with Gasteiger partial charge in [-0.3, -0.25) is 9.48 Å². The van der Waals surface area contributed by atoms with Crippen LogP contribution in [0.5, 0.6) is 0 Å². The van der Waals surface area contributed by atoms with Gasteiger partial charge in [0.25, 0.3) is 5.91 Å². The number of carbonyl (C=O) groups excluding carboxylic acids is 1. The lowest BCUT2D eigenvalue weighted by atomic mass is 10.2. The molecule has 0 atom stereocenters. The summed E-state index contributed by atoms with van der Waals surface area (Å²) >= 11 is 20.4. The zero-order valence-corrected chi connectivity index (χ0v) is 17.4. The van der Waals surface area contributed by atoms with Crippen molar-refractivity contribution in [2.75, 3.05) is 5.32 Å². The molecule has 0 saturated heterocycles. The largest absolute Gasteiger partial charge is 0.304 e. The topological polar surface area (TPSA) is 46.9 Å². The third-order valence-electron chi connectivity index (χ3n) is 3.13. The third-order valence-corrected chi connectivity index (χ3v) is 7.10. The Kier molecular flexibility index (Phi) is 5.66. The van der Waals surface area contributed by atoms with Crippen molar-refractivity contribution in [3.8, 4) is 0 Å². The zero-order valence-electron chi connectivity index (χ0n) is 11.9. The maximum atomic E-state index is 12.2. The molecule has 0 radical (unpaired) electrons. The number of amides is 1. The minimum atomic E-state index is -0.215. The van der Waals surface area contributed by atoms with Crippen molar-refractivity contribution in [2.45, 2.75) is 6.54 Å². The van der Waals surface area contributed by atoms with Gasteiger partial charge in [0.15, 0.2) is 5.82 Å². The Balaban J connectivity index is 1.73. The number of hydrogen-bond acceptors (Lipinski definition) is 3. The minimum Gasteiger partial charge on any atom is -0.304 e. The Bertz CT molecular complexity index is 870. The summed E-state index contributed by atoms with van der Waals surface area (Å²) in [6.07, 6.45) is 1.76. The molecule has 0 bridgehead atoms. The van der Waals surface area contributed by atoms with Gasteiger partial charge in [0.05, 0.1) is 15.2 Å². The van der Waals surface area contributed by atoms with Gasteiger partial charge in [-0.15, -0.1) is 11.3 Å². The van der Waals surface area contributed by atoms with Gasteiger partial charge in [-0.05, 0) is 50.1 Å². The van der Waals surface area contributed by atoms with Crippen LogP contribution in [0, 0.1) is 0 Å². The summed E-state index contributed by atoms with van der Waals surface area (Å²) in [6.45, 7) is 0.421. The molecule has 3 rings (SSSR count). The molecule has 0 fully saturated rings. The molecule has 0 aliphatic rings. The molecule has 2 aromatic heterocycles. The van der Waals surface area contributed by atoms with Gasteiger partial charge in [-0.1, -0.05) is 29.3 Å². The Morgan fingerprint density at radius 2 is 1.96 bits per heavy atom. The summed E-state index contributed by atoms with van der Waals surface area (Å²) in [5, 5.41) is 8.26. The summed E-state index contributed by atoms with van der Waals surface area (Å²) in [5.41, 5.74) is 0.785. The van der Waals surface area contributed by atoms with Crippen molar-refractivity contribution >= 4 is 78.1 Å². The fourth-order valence-electron chi connectivity index (χ4n) is 2.00. The van der Waals surface area contributed by atoms with Crippen molar-refractivity contribution in [1.29, 1.82) is 0 Å². The Labute approximate surface area is 169 Å². The van der Waals surface area contributed by atoms with E-state index in [1.807, 2.05) is 0 Å². The van der Waals surface area contributed by atoms with Crippen molar-refractivity contribution < 1.29 is 4.79 Å². The van der Waals surface area contributed by atoms with Crippen molar-refractivity contribution in [3.05, 3.63) is 65.3 Å². The third kappa shape index (κ3) is 4.03. The van der Waals surface area contributed by atoms with Crippen LogP contribution < -0.4 is 5.32 Å². The van der Waals surface area contributed by atoms with Crippen LogP contribution in [0.1, 0.15) is 15.2 Å². The molecule has 24 heavy (non-hydrogen) atoms. The van der Waals surface area contributed by atoms with Crippen LogP contribution in [-0.2, 0) is 6.54 Å². The van der Waals surface area contributed by atoms with Crippen LogP contribution in [0.2, 0.25) is 10.0 Å². The quantitative estimate of drug-likeness (QED) is 0.463. The number of halogens is 4. The van der Waals surface area contributed by atoms with Gasteiger partial charge >= 0.3 is 0 Å². The van der Waals surface area contributed by atoms with Crippen molar-refractivity contribution in [2.24, 2.45) is 0 Å². The van der Waals surface area contributed by atoms with E-state index in [2.05, 4.69) is 42.3 Å². The molecule has 124 valence electrons. The van der Waals surface area contributed by atoms with Crippen LogP contribution in [0.3, 0.4) is 0 Å². The maximum Gasteiger partial charge on any atom is 0.267 e. The van der Waals surface area contributed by atoms with E-state index in [9.17, 15) is 4.79 Å². The predicted molar refractivity (Wildman–Crippen MR) is 105 cm³/mol. The Hall–Kier alpha value is -0.860. The molecule has 1 aromatic carbocycles.